The Morgan fingerprint density at radius 2 is 1.96 bits per heavy atom. The first-order valence-electron chi connectivity index (χ1n) is 7.65. The molecule has 7 heteroatoms. The molecule has 1 amide bonds. The van der Waals surface area contributed by atoms with Crippen LogP contribution in [0.2, 0.25) is 0 Å². The van der Waals surface area contributed by atoms with Crippen LogP contribution in [0, 0.1) is 11.8 Å². The van der Waals surface area contributed by atoms with Crippen molar-refractivity contribution in [3.8, 4) is 5.75 Å². The molecule has 4 nitrogen and oxygen atoms in total. The first-order valence-corrected chi connectivity index (χ1v) is 7.65. The Morgan fingerprint density at radius 1 is 1.26 bits per heavy atom. The average molecular weight is 330 g/mol. The smallest absolute Gasteiger partial charge is 0.422 e. The molecule has 1 aromatic carbocycles. The van der Waals surface area contributed by atoms with Crippen molar-refractivity contribution in [1.29, 1.82) is 0 Å². The number of carbonyl (C=O) groups is 1. The number of alkyl halides is 3. The monoisotopic (exact) mass is 330 g/mol. The van der Waals surface area contributed by atoms with E-state index in [0.717, 1.165) is 24.8 Å². The van der Waals surface area contributed by atoms with Gasteiger partial charge in [-0.05, 0) is 43.0 Å². The van der Waals surface area contributed by atoms with Gasteiger partial charge in [0.1, 0.15) is 5.75 Å². The SMILES string of the molecule is NC[C@H]1CCC[C@H]1C(=O)NCc1ccc(OCC(F)(F)F)cc1. The Balaban J connectivity index is 1.81. The van der Waals surface area contributed by atoms with Crippen LogP contribution in [0.5, 0.6) is 5.75 Å². The number of halogens is 3. The summed E-state index contributed by atoms with van der Waals surface area (Å²) in [5, 5.41) is 2.87. The fraction of sp³-hybridized carbons (Fsp3) is 0.562. The van der Waals surface area contributed by atoms with E-state index in [1.165, 1.54) is 12.1 Å². The van der Waals surface area contributed by atoms with Crippen molar-refractivity contribution in [3.05, 3.63) is 29.8 Å². The van der Waals surface area contributed by atoms with Gasteiger partial charge in [-0.25, -0.2) is 0 Å². The zero-order valence-corrected chi connectivity index (χ0v) is 12.7. The van der Waals surface area contributed by atoms with Gasteiger partial charge in [0.2, 0.25) is 5.91 Å². The Bertz CT molecular complexity index is 517. The molecule has 1 aromatic rings. The molecule has 0 spiro atoms. The third-order valence-corrected chi connectivity index (χ3v) is 4.09. The summed E-state index contributed by atoms with van der Waals surface area (Å²) >= 11 is 0. The largest absolute Gasteiger partial charge is 0.484 e. The van der Waals surface area contributed by atoms with E-state index >= 15 is 0 Å². The molecule has 0 bridgehead atoms. The number of benzene rings is 1. The quantitative estimate of drug-likeness (QED) is 0.843. The van der Waals surface area contributed by atoms with Crippen LogP contribution in [0.1, 0.15) is 24.8 Å². The van der Waals surface area contributed by atoms with Gasteiger partial charge in [-0.2, -0.15) is 13.2 Å². The second kappa shape index (κ2) is 7.68. The Morgan fingerprint density at radius 3 is 2.57 bits per heavy atom. The van der Waals surface area contributed by atoms with E-state index in [9.17, 15) is 18.0 Å². The highest BCUT2D eigenvalue weighted by molar-refractivity contribution is 5.79. The number of carbonyl (C=O) groups excluding carboxylic acids is 1. The van der Waals surface area contributed by atoms with Crippen LogP contribution in [0.15, 0.2) is 24.3 Å². The lowest BCUT2D eigenvalue weighted by molar-refractivity contribution is -0.153. The lowest BCUT2D eigenvalue weighted by Gasteiger charge is -2.17. The van der Waals surface area contributed by atoms with E-state index in [1.807, 2.05) is 0 Å². The van der Waals surface area contributed by atoms with Crippen molar-refractivity contribution >= 4 is 5.91 Å². The minimum absolute atomic E-state index is 0.00431. The molecule has 2 atom stereocenters. The number of nitrogens with two attached hydrogens (primary N) is 1. The van der Waals surface area contributed by atoms with Crippen molar-refractivity contribution in [2.24, 2.45) is 17.6 Å². The summed E-state index contributed by atoms with van der Waals surface area (Å²) in [5.74, 6) is 0.356. The second-order valence-corrected chi connectivity index (χ2v) is 5.80. The van der Waals surface area contributed by atoms with Crippen LogP contribution in [0.4, 0.5) is 13.2 Å². The molecule has 128 valence electrons. The van der Waals surface area contributed by atoms with Gasteiger partial charge >= 0.3 is 6.18 Å². The molecule has 0 unspecified atom stereocenters. The van der Waals surface area contributed by atoms with Gasteiger partial charge in [-0.3, -0.25) is 4.79 Å². The molecule has 1 saturated carbocycles. The molecule has 1 aliphatic rings. The van der Waals surface area contributed by atoms with Crippen LogP contribution in [0.25, 0.3) is 0 Å². The van der Waals surface area contributed by atoms with Crippen LogP contribution < -0.4 is 15.8 Å². The molecule has 1 fully saturated rings. The molecule has 23 heavy (non-hydrogen) atoms. The van der Waals surface area contributed by atoms with Crippen LogP contribution in [0.3, 0.4) is 0 Å². The lowest BCUT2D eigenvalue weighted by atomic mass is 9.95. The molecular weight excluding hydrogens is 309 g/mol. The maximum absolute atomic E-state index is 12.2. The fourth-order valence-corrected chi connectivity index (χ4v) is 2.85. The number of hydrogen-bond donors (Lipinski definition) is 2. The number of ether oxygens (including phenoxy) is 1. The van der Waals surface area contributed by atoms with Crippen molar-refractivity contribution in [2.45, 2.75) is 32.0 Å². The zero-order valence-electron chi connectivity index (χ0n) is 12.7. The summed E-state index contributed by atoms with van der Waals surface area (Å²) in [4.78, 5) is 12.2. The highest BCUT2D eigenvalue weighted by Gasteiger charge is 2.31. The number of nitrogens with one attached hydrogen (secondary N) is 1. The summed E-state index contributed by atoms with van der Waals surface area (Å²) < 4.78 is 40.8. The van der Waals surface area contributed by atoms with Gasteiger partial charge in [0.15, 0.2) is 6.61 Å². The van der Waals surface area contributed by atoms with Gasteiger partial charge in [0.25, 0.3) is 0 Å². The van der Waals surface area contributed by atoms with E-state index < -0.39 is 12.8 Å². The Labute approximate surface area is 133 Å². The topological polar surface area (TPSA) is 64.4 Å². The van der Waals surface area contributed by atoms with E-state index in [4.69, 9.17) is 5.73 Å². The summed E-state index contributed by atoms with van der Waals surface area (Å²) in [6.45, 7) is -0.458. The molecule has 0 radical (unpaired) electrons. The minimum Gasteiger partial charge on any atom is -0.484 e. The number of amides is 1. The standard InChI is InChI=1S/C16H21F3N2O2/c17-16(18,19)10-23-13-6-4-11(5-7-13)9-21-15(22)14-3-1-2-12(14)8-20/h4-7,12,14H,1-3,8-10,20H2,(H,21,22)/t12-,14-/m1/s1. The Kier molecular flexibility index (Phi) is 5.87. The third kappa shape index (κ3) is 5.42. The van der Waals surface area contributed by atoms with Gasteiger partial charge in [-0.15, -0.1) is 0 Å². The predicted octanol–water partition coefficient (Wildman–Crippen LogP) is 2.62. The molecule has 0 saturated heterocycles. The molecule has 1 aliphatic carbocycles. The molecule has 0 heterocycles. The van der Waals surface area contributed by atoms with E-state index in [1.54, 1.807) is 12.1 Å². The summed E-state index contributed by atoms with van der Waals surface area (Å²) in [6.07, 6.45) is -1.49. The lowest BCUT2D eigenvalue weighted by Crippen LogP contribution is -2.34. The highest BCUT2D eigenvalue weighted by atomic mass is 19.4. The van der Waals surface area contributed by atoms with E-state index in [0.29, 0.717) is 13.1 Å². The van der Waals surface area contributed by atoms with E-state index in [2.05, 4.69) is 10.1 Å². The van der Waals surface area contributed by atoms with Crippen LogP contribution >= 0.6 is 0 Å². The van der Waals surface area contributed by atoms with Gasteiger partial charge in [0, 0.05) is 12.5 Å². The molecule has 2 rings (SSSR count). The first kappa shape index (κ1) is 17.6. The first-order chi connectivity index (χ1) is 10.9. The number of hydrogen-bond acceptors (Lipinski definition) is 3. The summed E-state index contributed by atoms with van der Waals surface area (Å²) in [5.41, 5.74) is 6.48. The van der Waals surface area contributed by atoms with Crippen LogP contribution in [-0.2, 0) is 11.3 Å². The second-order valence-electron chi connectivity index (χ2n) is 5.80. The van der Waals surface area contributed by atoms with Gasteiger partial charge in [0.05, 0.1) is 0 Å². The van der Waals surface area contributed by atoms with Crippen LogP contribution in [-0.4, -0.2) is 25.2 Å². The fourth-order valence-electron chi connectivity index (χ4n) is 2.85. The van der Waals surface area contributed by atoms with Crippen molar-refractivity contribution in [2.75, 3.05) is 13.2 Å². The number of rotatable bonds is 6. The molecule has 3 N–H and O–H groups in total. The van der Waals surface area contributed by atoms with E-state index in [-0.39, 0.29) is 23.5 Å². The zero-order chi connectivity index (χ0) is 16.9. The van der Waals surface area contributed by atoms with Crippen molar-refractivity contribution in [1.82, 2.24) is 5.32 Å². The van der Waals surface area contributed by atoms with Gasteiger partial charge < -0.3 is 15.8 Å². The summed E-state index contributed by atoms with van der Waals surface area (Å²) in [6, 6.07) is 6.21. The minimum atomic E-state index is -4.35. The molecule has 0 aromatic heterocycles. The Hall–Kier alpha value is -1.76. The highest BCUT2D eigenvalue weighted by Crippen LogP contribution is 2.31. The maximum Gasteiger partial charge on any atom is 0.422 e. The molecular formula is C16H21F3N2O2. The van der Waals surface area contributed by atoms with Gasteiger partial charge in [-0.1, -0.05) is 18.6 Å². The maximum atomic E-state index is 12.2. The van der Waals surface area contributed by atoms with Crippen molar-refractivity contribution < 1.29 is 22.7 Å². The molecule has 0 aliphatic heterocycles. The summed E-state index contributed by atoms with van der Waals surface area (Å²) in [7, 11) is 0. The third-order valence-electron chi connectivity index (χ3n) is 4.09. The van der Waals surface area contributed by atoms with Crippen molar-refractivity contribution in [3.63, 3.8) is 0 Å². The predicted molar refractivity (Wildman–Crippen MR) is 79.7 cm³/mol. The normalized spacial score (nSPS) is 21.2. The average Bonchev–Trinajstić information content (AvgIpc) is 2.99.